The van der Waals surface area contributed by atoms with E-state index in [0.717, 1.165) is 63.2 Å². The van der Waals surface area contributed by atoms with Crippen LogP contribution in [0.25, 0.3) is 0 Å². The highest BCUT2D eigenvalue weighted by Crippen LogP contribution is 2.35. The number of hydrogen-bond donors (Lipinski definition) is 2. The summed E-state index contributed by atoms with van der Waals surface area (Å²) in [6.07, 6.45) is 5.57. The van der Waals surface area contributed by atoms with Crippen LogP contribution >= 0.6 is 11.6 Å². The van der Waals surface area contributed by atoms with E-state index in [2.05, 4.69) is 24.1 Å². The number of likely N-dealkylation sites (tertiary alicyclic amines) is 1. The summed E-state index contributed by atoms with van der Waals surface area (Å²) in [5, 5.41) is 4.27. The minimum Gasteiger partial charge on any atom is -0.371 e. The largest absolute Gasteiger partial charge is 0.371 e. The lowest BCUT2D eigenvalue weighted by molar-refractivity contribution is -0.139. The number of benzene rings is 1. The molecular formula is C21H32ClN3O. The molecule has 3 N–H and O–H groups in total. The number of rotatable bonds is 4. The standard InChI is InChI=1S/C21H32ClN3O/c1-15(2)16-9-13-25(14-10-16)20(26)21(11-7-18(23)8-12-21)24-19-5-3-17(22)4-6-19/h3-6,15-16,18,24H,7-14,23H2,1-2H3. The number of piperidine rings is 1. The molecule has 0 bridgehead atoms. The second kappa shape index (κ2) is 8.18. The normalized spacial score (nSPS) is 27.6. The number of halogens is 1. The zero-order valence-corrected chi connectivity index (χ0v) is 16.8. The molecule has 0 aromatic heterocycles. The lowest BCUT2D eigenvalue weighted by Gasteiger charge is -2.44. The maximum Gasteiger partial charge on any atom is 0.248 e. The summed E-state index contributed by atoms with van der Waals surface area (Å²) in [5.74, 6) is 1.68. The van der Waals surface area contributed by atoms with Crippen LogP contribution in [0, 0.1) is 11.8 Å². The Balaban J connectivity index is 1.75. The van der Waals surface area contributed by atoms with Crippen molar-refractivity contribution >= 4 is 23.2 Å². The molecule has 0 radical (unpaired) electrons. The number of carbonyl (C=O) groups is 1. The minimum atomic E-state index is -0.533. The van der Waals surface area contributed by atoms with Crippen LogP contribution in [0.3, 0.4) is 0 Å². The smallest absolute Gasteiger partial charge is 0.248 e. The van der Waals surface area contributed by atoms with Crippen LogP contribution in [0.1, 0.15) is 52.4 Å². The van der Waals surface area contributed by atoms with Crippen LogP contribution in [0.15, 0.2) is 24.3 Å². The van der Waals surface area contributed by atoms with Crippen molar-refractivity contribution in [3.63, 3.8) is 0 Å². The van der Waals surface area contributed by atoms with E-state index in [1.54, 1.807) is 0 Å². The van der Waals surface area contributed by atoms with E-state index in [9.17, 15) is 4.79 Å². The zero-order chi connectivity index (χ0) is 18.7. The summed E-state index contributed by atoms with van der Waals surface area (Å²) in [6, 6.07) is 7.85. The van der Waals surface area contributed by atoms with Crippen molar-refractivity contribution in [2.24, 2.45) is 17.6 Å². The summed E-state index contributed by atoms with van der Waals surface area (Å²) in [6.45, 7) is 6.32. The second-order valence-corrected chi connectivity index (χ2v) is 8.86. The van der Waals surface area contributed by atoms with Crippen molar-refractivity contribution < 1.29 is 4.79 Å². The molecular weight excluding hydrogens is 346 g/mol. The third kappa shape index (κ3) is 4.34. The quantitative estimate of drug-likeness (QED) is 0.822. The average Bonchev–Trinajstić information content (AvgIpc) is 2.65. The van der Waals surface area contributed by atoms with Gasteiger partial charge in [-0.25, -0.2) is 0 Å². The van der Waals surface area contributed by atoms with Gasteiger partial charge in [0.1, 0.15) is 5.54 Å². The predicted octanol–water partition coefficient (Wildman–Crippen LogP) is 4.29. The van der Waals surface area contributed by atoms with Gasteiger partial charge in [0.25, 0.3) is 0 Å². The lowest BCUT2D eigenvalue weighted by atomic mass is 9.77. The van der Waals surface area contributed by atoms with Gasteiger partial charge in [-0.3, -0.25) is 4.79 Å². The van der Waals surface area contributed by atoms with E-state index < -0.39 is 5.54 Å². The first-order valence-electron chi connectivity index (χ1n) is 9.98. The molecule has 1 saturated carbocycles. The maximum atomic E-state index is 13.5. The predicted molar refractivity (Wildman–Crippen MR) is 108 cm³/mol. The van der Waals surface area contributed by atoms with E-state index in [-0.39, 0.29) is 11.9 Å². The molecule has 2 aliphatic rings. The molecule has 1 aromatic carbocycles. The van der Waals surface area contributed by atoms with Crippen molar-refractivity contribution in [2.45, 2.75) is 64.0 Å². The summed E-state index contributed by atoms with van der Waals surface area (Å²) < 4.78 is 0. The van der Waals surface area contributed by atoms with Crippen LogP contribution in [0.5, 0.6) is 0 Å². The maximum absolute atomic E-state index is 13.5. The Morgan fingerprint density at radius 2 is 1.73 bits per heavy atom. The van der Waals surface area contributed by atoms with Crippen LogP contribution in [-0.2, 0) is 4.79 Å². The molecule has 144 valence electrons. The molecule has 5 heteroatoms. The van der Waals surface area contributed by atoms with Gasteiger partial charge in [-0.2, -0.15) is 0 Å². The molecule has 2 fully saturated rings. The number of nitrogens with zero attached hydrogens (tertiary/aromatic N) is 1. The van der Waals surface area contributed by atoms with E-state index >= 15 is 0 Å². The summed E-state index contributed by atoms with van der Waals surface area (Å²) in [5.41, 5.74) is 6.55. The Bertz CT molecular complexity index is 600. The molecule has 1 aliphatic heterocycles. The van der Waals surface area contributed by atoms with Crippen molar-refractivity contribution in [2.75, 3.05) is 18.4 Å². The highest BCUT2D eigenvalue weighted by Gasteiger charge is 2.44. The molecule has 1 aromatic rings. The van der Waals surface area contributed by atoms with Gasteiger partial charge in [-0.15, -0.1) is 0 Å². The first kappa shape index (κ1) is 19.5. The molecule has 26 heavy (non-hydrogen) atoms. The van der Waals surface area contributed by atoms with Gasteiger partial charge in [0, 0.05) is 29.8 Å². The molecule has 1 saturated heterocycles. The van der Waals surface area contributed by atoms with E-state index in [0.29, 0.717) is 10.9 Å². The summed E-state index contributed by atoms with van der Waals surface area (Å²) >= 11 is 6.01. The Morgan fingerprint density at radius 1 is 1.15 bits per heavy atom. The highest BCUT2D eigenvalue weighted by molar-refractivity contribution is 6.30. The molecule has 1 amide bonds. The van der Waals surface area contributed by atoms with Gasteiger partial charge in [0.05, 0.1) is 0 Å². The minimum absolute atomic E-state index is 0.203. The highest BCUT2D eigenvalue weighted by atomic mass is 35.5. The third-order valence-corrected chi connectivity index (χ3v) is 6.54. The summed E-state index contributed by atoms with van der Waals surface area (Å²) in [7, 11) is 0. The van der Waals surface area contributed by atoms with Gasteiger partial charge in [-0.05, 0) is 74.6 Å². The fourth-order valence-corrected chi connectivity index (χ4v) is 4.53. The van der Waals surface area contributed by atoms with Crippen molar-refractivity contribution in [1.29, 1.82) is 0 Å². The Morgan fingerprint density at radius 3 is 2.27 bits per heavy atom. The lowest BCUT2D eigenvalue weighted by Crippen LogP contribution is -2.58. The summed E-state index contributed by atoms with van der Waals surface area (Å²) in [4.78, 5) is 15.6. The van der Waals surface area contributed by atoms with Gasteiger partial charge in [0.15, 0.2) is 0 Å². The van der Waals surface area contributed by atoms with E-state index in [1.807, 2.05) is 24.3 Å². The first-order valence-corrected chi connectivity index (χ1v) is 10.4. The van der Waals surface area contributed by atoms with Gasteiger partial charge in [0.2, 0.25) is 5.91 Å². The Hall–Kier alpha value is -1.26. The number of anilines is 1. The molecule has 0 atom stereocenters. The molecule has 0 spiro atoms. The van der Waals surface area contributed by atoms with Crippen LogP contribution in [0.4, 0.5) is 5.69 Å². The topological polar surface area (TPSA) is 58.4 Å². The first-order chi connectivity index (χ1) is 12.4. The van der Waals surface area contributed by atoms with Crippen molar-refractivity contribution in [1.82, 2.24) is 4.90 Å². The molecule has 4 nitrogen and oxygen atoms in total. The monoisotopic (exact) mass is 377 g/mol. The third-order valence-electron chi connectivity index (χ3n) is 6.29. The average molecular weight is 378 g/mol. The Labute approximate surface area is 162 Å². The fourth-order valence-electron chi connectivity index (χ4n) is 4.41. The molecule has 1 aliphatic carbocycles. The number of carbonyl (C=O) groups excluding carboxylic acids is 1. The van der Waals surface area contributed by atoms with Gasteiger partial charge < -0.3 is 16.0 Å². The Kier molecular flexibility index (Phi) is 6.13. The second-order valence-electron chi connectivity index (χ2n) is 8.43. The van der Waals surface area contributed by atoms with Crippen molar-refractivity contribution in [3.8, 4) is 0 Å². The van der Waals surface area contributed by atoms with E-state index in [4.69, 9.17) is 17.3 Å². The molecule has 1 heterocycles. The van der Waals surface area contributed by atoms with Gasteiger partial charge in [-0.1, -0.05) is 25.4 Å². The number of nitrogens with one attached hydrogen (secondary N) is 1. The van der Waals surface area contributed by atoms with Crippen LogP contribution < -0.4 is 11.1 Å². The number of amides is 1. The van der Waals surface area contributed by atoms with Crippen LogP contribution in [-0.4, -0.2) is 35.5 Å². The SMILES string of the molecule is CC(C)C1CCN(C(=O)C2(Nc3ccc(Cl)cc3)CCC(N)CC2)CC1. The van der Waals surface area contributed by atoms with Crippen LogP contribution in [0.2, 0.25) is 5.02 Å². The molecule has 3 rings (SSSR count). The number of nitrogens with two attached hydrogens (primary N) is 1. The van der Waals surface area contributed by atoms with E-state index in [1.165, 1.54) is 0 Å². The molecule has 0 unspecified atom stereocenters. The van der Waals surface area contributed by atoms with Gasteiger partial charge >= 0.3 is 0 Å². The number of hydrogen-bond acceptors (Lipinski definition) is 3. The fraction of sp³-hybridized carbons (Fsp3) is 0.667. The zero-order valence-electron chi connectivity index (χ0n) is 16.0. The van der Waals surface area contributed by atoms with Crippen molar-refractivity contribution in [3.05, 3.63) is 29.3 Å².